The van der Waals surface area contributed by atoms with Crippen LogP contribution in [0.3, 0.4) is 0 Å². The molecule has 0 aromatic rings. The van der Waals surface area contributed by atoms with Crippen LogP contribution in [0.15, 0.2) is 0 Å². The molecule has 1 aliphatic heterocycles. The zero-order valence-corrected chi connectivity index (χ0v) is 29.8. The number of nitrogens with one attached hydrogen (secondary N) is 1. The fourth-order valence-corrected chi connectivity index (χ4v) is 5.60. The molecule has 1 aliphatic rings. The molecule has 1 N–H and O–H groups in total. The summed E-state index contributed by atoms with van der Waals surface area (Å²) in [5.41, 5.74) is 0. The molecule has 9 heteroatoms. The number of amides is 1. The van der Waals surface area contributed by atoms with Gasteiger partial charge in [-0.25, -0.2) is 0 Å². The zero-order chi connectivity index (χ0) is 33.3. The topological polar surface area (TPSA) is 92.3 Å². The Balaban J connectivity index is 2.04. The second-order valence-electron chi connectivity index (χ2n) is 13.3. The van der Waals surface area contributed by atoms with E-state index in [-0.39, 0.29) is 42.4 Å². The van der Waals surface area contributed by atoms with Gasteiger partial charge in [0.1, 0.15) is 26.2 Å². The van der Waals surface area contributed by atoms with Crippen LogP contribution in [0.1, 0.15) is 157 Å². The maximum atomic E-state index is 12.3. The molecular formula is C36H68BNO7. The summed E-state index contributed by atoms with van der Waals surface area (Å²) in [6.07, 6.45) is 19.0. The highest BCUT2D eigenvalue weighted by atomic mass is 16.6. The number of ether oxygens (including phenoxy) is 5. The average Bonchev–Trinajstić information content (AvgIpc) is 3.28. The molecule has 2 radical (unpaired) electrons. The second kappa shape index (κ2) is 26.9. The first kappa shape index (κ1) is 41.9. The molecule has 1 fully saturated rings. The SMILES string of the molecule is [B][C@@H]1O[C@H](COC(C)C)C(OC(C)C)C1OCCCCCCNC(=O)C(C)OC(=O)CCCCCCCCCCCCCCC. The van der Waals surface area contributed by atoms with Crippen LogP contribution in [0.5, 0.6) is 0 Å². The summed E-state index contributed by atoms with van der Waals surface area (Å²) in [4.78, 5) is 24.5. The van der Waals surface area contributed by atoms with Crippen molar-refractivity contribution < 1.29 is 33.3 Å². The highest BCUT2D eigenvalue weighted by molar-refractivity contribution is 6.11. The predicted octanol–water partition coefficient (Wildman–Crippen LogP) is 7.57. The Labute approximate surface area is 277 Å². The van der Waals surface area contributed by atoms with Gasteiger partial charge in [0.05, 0.1) is 18.8 Å². The Kier molecular flexibility index (Phi) is 25.0. The van der Waals surface area contributed by atoms with Crippen LogP contribution < -0.4 is 5.32 Å². The van der Waals surface area contributed by atoms with Gasteiger partial charge in [-0.1, -0.05) is 96.8 Å². The van der Waals surface area contributed by atoms with Gasteiger partial charge >= 0.3 is 5.97 Å². The van der Waals surface area contributed by atoms with E-state index in [2.05, 4.69) is 12.2 Å². The number of carbonyl (C=O) groups is 2. The van der Waals surface area contributed by atoms with Crippen molar-refractivity contribution in [2.75, 3.05) is 19.8 Å². The first-order valence-electron chi connectivity index (χ1n) is 18.4. The number of unbranched alkanes of at least 4 members (excludes halogenated alkanes) is 15. The van der Waals surface area contributed by atoms with Crippen LogP contribution in [0.25, 0.3) is 0 Å². The van der Waals surface area contributed by atoms with Crippen LogP contribution >= 0.6 is 0 Å². The maximum absolute atomic E-state index is 12.3. The molecule has 0 saturated carbocycles. The Morgan fingerprint density at radius 3 is 1.87 bits per heavy atom. The summed E-state index contributed by atoms with van der Waals surface area (Å²) >= 11 is 0. The largest absolute Gasteiger partial charge is 0.453 e. The van der Waals surface area contributed by atoms with E-state index in [1.54, 1.807) is 6.92 Å². The molecule has 0 aromatic heterocycles. The number of carbonyl (C=O) groups excluding carboxylic acids is 2. The molecule has 8 nitrogen and oxygen atoms in total. The van der Waals surface area contributed by atoms with E-state index in [1.165, 1.54) is 64.2 Å². The number of hydrogen-bond donors (Lipinski definition) is 1. The van der Waals surface area contributed by atoms with E-state index in [0.717, 1.165) is 44.9 Å². The molecule has 5 atom stereocenters. The van der Waals surface area contributed by atoms with Gasteiger partial charge in [0, 0.05) is 25.6 Å². The van der Waals surface area contributed by atoms with Crippen molar-refractivity contribution in [1.29, 1.82) is 0 Å². The quantitative estimate of drug-likeness (QED) is 0.0514. The summed E-state index contributed by atoms with van der Waals surface area (Å²) < 4.78 is 29.2. The lowest BCUT2D eigenvalue weighted by Crippen LogP contribution is -2.41. The van der Waals surface area contributed by atoms with Crippen LogP contribution in [-0.2, 0) is 33.3 Å². The monoisotopic (exact) mass is 638 g/mol. The minimum atomic E-state index is -0.763. The van der Waals surface area contributed by atoms with Crippen molar-refractivity contribution in [1.82, 2.24) is 5.32 Å². The first-order chi connectivity index (χ1) is 21.6. The summed E-state index contributed by atoms with van der Waals surface area (Å²) in [7, 11) is 6.22. The van der Waals surface area contributed by atoms with Gasteiger partial charge in [-0.3, -0.25) is 9.59 Å². The molecule has 262 valence electrons. The van der Waals surface area contributed by atoms with Gasteiger partial charge in [0.25, 0.3) is 5.91 Å². The highest BCUT2D eigenvalue weighted by Gasteiger charge is 2.44. The number of hydrogen-bond acceptors (Lipinski definition) is 7. The fraction of sp³-hybridized carbons (Fsp3) is 0.944. The number of esters is 1. The standard InChI is InChI=1S/C36H68BNO7/c1-7-8-9-10-11-12-13-14-15-16-17-18-21-24-32(39)44-30(6)36(40)38-25-22-19-20-23-26-41-34-33(43-29(4)5)31(45-35(34)37)27-42-28(2)3/h28-31,33-35H,7-27H2,1-6H3,(H,38,40)/t30?,31-,33?,34?,35-/m1/s1. The zero-order valence-electron chi connectivity index (χ0n) is 29.8. The van der Waals surface area contributed by atoms with Crippen molar-refractivity contribution in [3.05, 3.63) is 0 Å². The highest BCUT2D eigenvalue weighted by Crippen LogP contribution is 2.27. The van der Waals surface area contributed by atoms with E-state index in [1.807, 2.05) is 27.7 Å². The van der Waals surface area contributed by atoms with Crippen LogP contribution in [0.4, 0.5) is 0 Å². The predicted molar refractivity (Wildman–Crippen MR) is 183 cm³/mol. The Bertz CT molecular complexity index is 738. The van der Waals surface area contributed by atoms with E-state index < -0.39 is 12.1 Å². The third kappa shape index (κ3) is 21.4. The van der Waals surface area contributed by atoms with E-state index >= 15 is 0 Å². The lowest BCUT2D eigenvalue weighted by Gasteiger charge is -2.26. The van der Waals surface area contributed by atoms with Crippen LogP contribution in [0.2, 0.25) is 0 Å². The lowest BCUT2D eigenvalue weighted by molar-refractivity contribution is -0.154. The second-order valence-corrected chi connectivity index (χ2v) is 13.3. The molecule has 1 rings (SSSR count). The normalized spacial score (nSPS) is 20.6. The Hall–Kier alpha value is -1.16. The summed E-state index contributed by atoms with van der Waals surface area (Å²) in [6.45, 7) is 13.4. The molecule has 1 amide bonds. The van der Waals surface area contributed by atoms with Gasteiger partial charge in [0.15, 0.2) is 6.10 Å². The fourth-order valence-electron chi connectivity index (χ4n) is 5.60. The minimum Gasteiger partial charge on any atom is -0.453 e. The van der Waals surface area contributed by atoms with Crippen molar-refractivity contribution in [2.24, 2.45) is 0 Å². The Morgan fingerprint density at radius 2 is 1.29 bits per heavy atom. The van der Waals surface area contributed by atoms with Crippen molar-refractivity contribution >= 4 is 19.7 Å². The molecule has 0 aliphatic carbocycles. The van der Waals surface area contributed by atoms with E-state index in [0.29, 0.717) is 26.2 Å². The van der Waals surface area contributed by atoms with Gasteiger partial charge < -0.3 is 29.0 Å². The molecule has 0 aromatic carbocycles. The molecule has 3 unspecified atom stereocenters. The summed E-state index contributed by atoms with van der Waals surface area (Å²) in [5, 5.41) is 2.89. The van der Waals surface area contributed by atoms with Gasteiger partial charge in [0.2, 0.25) is 0 Å². The molecule has 1 saturated heterocycles. The third-order valence-corrected chi connectivity index (χ3v) is 8.21. The third-order valence-electron chi connectivity index (χ3n) is 8.21. The van der Waals surface area contributed by atoms with Gasteiger partial charge in [-0.05, 0) is 53.9 Å². The minimum absolute atomic E-state index is 0.0297. The number of rotatable bonds is 29. The molecular weight excluding hydrogens is 569 g/mol. The van der Waals surface area contributed by atoms with Crippen molar-refractivity contribution in [3.63, 3.8) is 0 Å². The van der Waals surface area contributed by atoms with Gasteiger partial charge in [-0.2, -0.15) is 0 Å². The van der Waals surface area contributed by atoms with E-state index in [4.69, 9.17) is 31.5 Å². The molecule has 0 spiro atoms. The lowest BCUT2D eigenvalue weighted by atomic mass is 9.92. The smallest absolute Gasteiger partial charge is 0.306 e. The maximum Gasteiger partial charge on any atom is 0.306 e. The van der Waals surface area contributed by atoms with Gasteiger partial charge in [-0.15, -0.1) is 0 Å². The van der Waals surface area contributed by atoms with Crippen LogP contribution in [-0.4, -0.2) is 82.1 Å². The Morgan fingerprint density at radius 1 is 0.733 bits per heavy atom. The van der Waals surface area contributed by atoms with Crippen LogP contribution in [0, 0.1) is 0 Å². The first-order valence-corrected chi connectivity index (χ1v) is 18.4. The molecule has 0 bridgehead atoms. The average molecular weight is 638 g/mol. The summed E-state index contributed by atoms with van der Waals surface area (Å²) in [6, 6.07) is -0.546. The van der Waals surface area contributed by atoms with Crippen molar-refractivity contribution in [2.45, 2.75) is 200 Å². The van der Waals surface area contributed by atoms with Crippen molar-refractivity contribution in [3.8, 4) is 0 Å². The molecule has 1 heterocycles. The molecule has 45 heavy (non-hydrogen) atoms. The van der Waals surface area contributed by atoms with E-state index in [9.17, 15) is 9.59 Å². The summed E-state index contributed by atoms with van der Waals surface area (Å²) in [5.74, 6) is -0.521.